The van der Waals surface area contributed by atoms with Crippen molar-refractivity contribution in [3.63, 3.8) is 0 Å². The molecular weight excluding hydrogens is 331 g/mol. The Morgan fingerprint density at radius 2 is 1.26 bits per heavy atom. The van der Waals surface area contributed by atoms with Crippen LogP contribution in [0.25, 0.3) is 0 Å². The number of benzene rings is 1. The molecular formula is C18H34Cl2N2O. The molecule has 0 heterocycles. The van der Waals surface area contributed by atoms with Crippen LogP contribution >= 0.6 is 24.8 Å². The van der Waals surface area contributed by atoms with E-state index in [2.05, 4.69) is 46.8 Å². The van der Waals surface area contributed by atoms with Crippen molar-refractivity contribution in [2.24, 2.45) is 11.5 Å². The van der Waals surface area contributed by atoms with Crippen LogP contribution in [0, 0.1) is 0 Å². The summed E-state index contributed by atoms with van der Waals surface area (Å²) in [6.07, 6.45) is 3.23. The van der Waals surface area contributed by atoms with Crippen LogP contribution in [0.4, 0.5) is 0 Å². The van der Waals surface area contributed by atoms with Gasteiger partial charge in [-0.3, -0.25) is 0 Å². The Morgan fingerprint density at radius 1 is 0.913 bits per heavy atom. The summed E-state index contributed by atoms with van der Waals surface area (Å²) in [5.41, 5.74) is 15.3. The van der Waals surface area contributed by atoms with Gasteiger partial charge in [0.15, 0.2) is 0 Å². The summed E-state index contributed by atoms with van der Waals surface area (Å²) < 4.78 is 0. The molecule has 23 heavy (non-hydrogen) atoms. The molecule has 2 atom stereocenters. The van der Waals surface area contributed by atoms with Crippen LogP contribution in [0.2, 0.25) is 0 Å². The van der Waals surface area contributed by atoms with E-state index in [9.17, 15) is 5.11 Å². The van der Waals surface area contributed by atoms with E-state index in [1.165, 1.54) is 5.56 Å². The number of rotatable bonds is 6. The van der Waals surface area contributed by atoms with E-state index < -0.39 is 0 Å². The highest BCUT2D eigenvalue weighted by atomic mass is 35.5. The summed E-state index contributed by atoms with van der Waals surface area (Å²) in [7, 11) is 0. The molecule has 3 nitrogen and oxygen atoms in total. The maximum atomic E-state index is 10.6. The smallest absolute Gasteiger partial charge is 0.122 e. The van der Waals surface area contributed by atoms with Crippen LogP contribution < -0.4 is 11.5 Å². The van der Waals surface area contributed by atoms with Gasteiger partial charge in [-0.2, -0.15) is 0 Å². The van der Waals surface area contributed by atoms with Crippen LogP contribution in [0.15, 0.2) is 12.1 Å². The van der Waals surface area contributed by atoms with Gasteiger partial charge in [0.2, 0.25) is 0 Å². The SMILES string of the molecule is CCC(N)Cc1cc(C(C)(C)C)cc(CC(N)CC)c1O.Cl.Cl. The third kappa shape index (κ3) is 7.30. The first-order valence-corrected chi connectivity index (χ1v) is 8.05. The molecule has 0 aliphatic heterocycles. The van der Waals surface area contributed by atoms with Crippen molar-refractivity contribution in [1.29, 1.82) is 0 Å². The highest BCUT2D eigenvalue weighted by Gasteiger charge is 2.20. The third-order valence-electron chi connectivity index (χ3n) is 4.15. The van der Waals surface area contributed by atoms with Crippen molar-refractivity contribution < 1.29 is 5.11 Å². The fraction of sp³-hybridized carbons (Fsp3) is 0.667. The maximum Gasteiger partial charge on any atom is 0.122 e. The number of nitrogens with two attached hydrogens (primary N) is 2. The Bertz CT molecular complexity index is 440. The molecule has 1 aromatic rings. The molecule has 5 heteroatoms. The van der Waals surface area contributed by atoms with Gasteiger partial charge in [-0.15, -0.1) is 24.8 Å². The van der Waals surface area contributed by atoms with E-state index >= 15 is 0 Å². The molecule has 136 valence electrons. The number of hydrogen-bond donors (Lipinski definition) is 3. The predicted octanol–water partition coefficient (Wildman–Crippen LogP) is 4.09. The number of hydrogen-bond acceptors (Lipinski definition) is 3. The summed E-state index contributed by atoms with van der Waals surface area (Å²) in [5.74, 6) is 0.385. The van der Waals surface area contributed by atoms with E-state index in [0.717, 1.165) is 24.0 Å². The van der Waals surface area contributed by atoms with Crippen LogP contribution in [-0.2, 0) is 18.3 Å². The minimum atomic E-state index is 0. The maximum absolute atomic E-state index is 10.6. The molecule has 0 aliphatic carbocycles. The monoisotopic (exact) mass is 364 g/mol. The molecule has 0 aromatic heterocycles. The number of phenols is 1. The first-order valence-electron chi connectivity index (χ1n) is 8.05. The van der Waals surface area contributed by atoms with Crippen molar-refractivity contribution in [2.45, 2.75) is 77.8 Å². The van der Waals surface area contributed by atoms with Gasteiger partial charge in [-0.1, -0.05) is 46.8 Å². The minimum Gasteiger partial charge on any atom is -0.507 e. The molecule has 0 saturated carbocycles. The molecule has 0 bridgehead atoms. The van der Waals surface area contributed by atoms with Crippen LogP contribution in [0.3, 0.4) is 0 Å². The fourth-order valence-electron chi connectivity index (χ4n) is 2.36. The highest BCUT2D eigenvalue weighted by molar-refractivity contribution is 5.85. The molecule has 1 aromatic carbocycles. The zero-order chi connectivity index (χ0) is 16.2. The molecule has 0 aliphatic rings. The highest BCUT2D eigenvalue weighted by Crippen LogP contribution is 2.32. The van der Waals surface area contributed by atoms with Crippen molar-refractivity contribution in [3.05, 3.63) is 28.8 Å². The standard InChI is InChI=1S/C18H32N2O.2ClH/c1-6-15(19)10-12-8-14(18(3,4)5)9-13(17(12)21)11-16(20)7-2;;/h8-9,15-16,21H,6-7,10-11,19-20H2,1-5H3;2*1H. The number of halogens is 2. The van der Waals surface area contributed by atoms with Crippen LogP contribution in [0.5, 0.6) is 5.75 Å². The Kier molecular flexibility index (Phi) is 11.2. The van der Waals surface area contributed by atoms with Gasteiger partial charge in [0.1, 0.15) is 5.75 Å². The fourth-order valence-corrected chi connectivity index (χ4v) is 2.36. The van der Waals surface area contributed by atoms with Gasteiger partial charge >= 0.3 is 0 Å². The van der Waals surface area contributed by atoms with Crippen molar-refractivity contribution >= 4 is 24.8 Å². The first kappa shape index (κ1) is 24.8. The lowest BCUT2D eigenvalue weighted by Crippen LogP contribution is -2.24. The molecule has 0 saturated heterocycles. The molecule has 0 amide bonds. The van der Waals surface area contributed by atoms with E-state index in [1.54, 1.807) is 0 Å². The topological polar surface area (TPSA) is 72.3 Å². The average molecular weight is 365 g/mol. The molecule has 1 rings (SSSR count). The Morgan fingerprint density at radius 3 is 1.52 bits per heavy atom. The Balaban J connectivity index is 0. The minimum absolute atomic E-state index is 0. The van der Waals surface area contributed by atoms with Crippen LogP contribution in [0.1, 0.15) is 64.2 Å². The molecule has 0 spiro atoms. The second-order valence-corrected chi connectivity index (χ2v) is 7.14. The molecule has 5 N–H and O–H groups in total. The lowest BCUT2D eigenvalue weighted by molar-refractivity contribution is 0.451. The molecule has 0 radical (unpaired) electrons. The Hall–Kier alpha value is -0.480. The van der Waals surface area contributed by atoms with Crippen LogP contribution in [-0.4, -0.2) is 17.2 Å². The van der Waals surface area contributed by atoms with Gasteiger partial charge in [0, 0.05) is 12.1 Å². The predicted molar refractivity (Wildman–Crippen MR) is 105 cm³/mol. The Labute approximate surface area is 154 Å². The number of aromatic hydroxyl groups is 1. The van der Waals surface area contributed by atoms with E-state index in [0.29, 0.717) is 18.6 Å². The first-order chi connectivity index (χ1) is 9.68. The van der Waals surface area contributed by atoms with Gasteiger partial charge < -0.3 is 16.6 Å². The van der Waals surface area contributed by atoms with Gasteiger partial charge in [0.25, 0.3) is 0 Å². The van der Waals surface area contributed by atoms with Gasteiger partial charge in [-0.05, 0) is 47.8 Å². The largest absolute Gasteiger partial charge is 0.507 e. The normalized spacial score (nSPS) is 13.7. The van der Waals surface area contributed by atoms with Gasteiger partial charge in [-0.25, -0.2) is 0 Å². The average Bonchev–Trinajstić information content (AvgIpc) is 2.41. The lowest BCUT2D eigenvalue weighted by atomic mass is 9.83. The zero-order valence-electron chi connectivity index (χ0n) is 15.1. The second-order valence-electron chi connectivity index (χ2n) is 7.14. The quantitative estimate of drug-likeness (QED) is 0.711. The van der Waals surface area contributed by atoms with E-state index in [4.69, 9.17) is 11.5 Å². The number of phenolic OH excluding ortho intramolecular Hbond substituents is 1. The molecule has 2 unspecified atom stereocenters. The van der Waals surface area contributed by atoms with Gasteiger partial charge in [0.05, 0.1) is 0 Å². The lowest BCUT2D eigenvalue weighted by Gasteiger charge is -2.24. The van der Waals surface area contributed by atoms with E-state index in [-0.39, 0.29) is 42.3 Å². The van der Waals surface area contributed by atoms with E-state index in [1.807, 2.05) is 0 Å². The van der Waals surface area contributed by atoms with Crippen molar-refractivity contribution in [1.82, 2.24) is 0 Å². The van der Waals surface area contributed by atoms with Crippen molar-refractivity contribution in [2.75, 3.05) is 0 Å². The second kappa shape index (κ2) is 10.4. The summed E-state index contributed by atoms with van der Waals surface area (Å²) in [6, 6.07) is 4.37. The summed E-state index contributed by atoms with van der Waals surface area (Å²) >= 11 is 0. The zero-order valence-corrected chi connectivity index (χ0v) is 16.7. The molecule has 0 fully saturated rings. The summed E-state index contributed by atoms with van der Waals surface area (Å²) in [4.78, 5) is 0. The third-order valence-corrected chi connectivity index (χ3v) is 4.15. The summed E-state index contributed by atoms with van der Waals surface area (Å²) in [5, 5.41) is 10.6. The summed E-state index contributed by atoms with van der Waals surface area (Å²) in [6.45, 7) is 10.7. The van der Waals surface area contributed by atoms with Crippen molar-refractivity contribution in [3.8, 4) is 5.75 Å².